The molecular formula is C52H46BN3O. The van der Waals surface area contributed by atoms with Crippen molar-refractivity contribution in [1.29, 1.82) is 0 Å². The quantitative estimate of drug-likeness (QED) is 0.164. The van der Waals surface area contributed by atoms with Gasteiger partial charge in [0.05, 0.1) is 19.6 Å². The van der Waals surface area contributed by atoms with Gasteiger partial charge >= 0.3 is 0 Å². The predicted molar refractivity (Wildman–Crippen MR) is 242 cm³/mol. The summed E-state index contributed by atoms with van der Waals surface area (Å²) in [6.07, 6.45) is 0. The van der Waals surface area contributed by atoms with E-state index in [1.54, 1.807) is 0 Å². The van der Waals surface area contributed by atoms with Crippen molar-refractivity contribution in [3.63, 3.8) is 0 Å². The summed E-state index contributed by atoms with van der Waals surface area (Å²) in [4.78, 5) is 6.10. The minimum absolute atomic E-state index is 0.0560. The Labute approximate surface area is 345 Å². The minimum atomic E-state index is -0.830. The van der Waals surface area contributed by atoms with Crippen LogP contribution in [0.4, 0.5) is 51.2 Å². The molecule has 278 valence electrons. The summed E-state index contributed by atoms with van der Waals surface area (Å²) in [5.41, 5.74) is 8.20. The molecule has 0 saturated heterocycles. The highest BCUT2D eigenvalue weighted by Gasteiger charge is 2.47. The van der Waals surface area contributed by atoms with E-state index in [1.165, 1.54) is 0 Å². The van der Waals surface area contributed by atoms with Crippen LogP contribution >= 0.6 is 0 Å². The number of para-hydroxylation sites is 4. The smallest absolute Gasteiger partial charge is 0.297 e. The van der Waals surface area contributed by atoms with E-state index >= 15 is 0 Å². The van der Waals surface area contributed by atoms with Crippen molar-refractivity contribution in [2.24, 2.45) is 0 Å². The molecule has 2 aliphatic rings. The second kappa shape index (κ2) is 13.1. The first-order valence-corrected chi connectivity index (χ1v) is 19.6. The van der Waals surface area contributed by atoms with Gasteiger partial charge in [-0.3, -0.25) is 0 Å². The summed E-state index contributed by atoms with van der Waals surface area (Å²) in [6, 6.07) is 43.5. The van der Waals surface area contributed by atoms with Gasteiger partial charge in [-0.1, -0.05) is 126 Å². The SMILES string of the molecule is [2H]c1c([2H])c(N(c2ccccc2)c2ccccc2)c([2H])c2c1B1c3oc4c([2H])c([2H])c(C(C)(C)C)c([2H])c4c3N(c3ccccc3)c3cc(C(C)(C)C)cc(c31)N2c1ccccc1. The lowest BCUT2D eigenvalue weighted by Gasteiger charge is -2.43. The fourth-order valence-electron chi connectivity index (χ4n) is 8.23. The zero-order chi connectivity index (χ0) is 44.3. The Hall–Kier alpha value is -6.46. The summed E-state index contributed by atoms with van der Waals surface area (Å²) in [5, 5.41) is 0.417. The highest BCUT2D eigenvalue weighted by molar-refractivity contribution is 7.00. The van der Waals surface area contributed by atoms with Crippen molar-refractivity contribution in [1.82, 2.24) is 0 Å². The molecule has 0 N–H and O–H groups in total. The van der Waals surface area contributed by atoms with E-state index in [-0.39, 0.29) is 52.9 Å². The zero-order valence-electron chi connectivity index (χ0n) is 39.0. The van der Waals surface area contributed by atoms with Crippen LogP contribution in [0.2, 0.25) is 0 Å². The predicted octanol–water partition coefficient (Wildman–Crippen LogP) is 12.6. The van der Waals surface area contributed by atoms with Crippen LogP contribution in [0.3, 0.4) is 0 Å². The molecule has 2 aliphatic heterocycles. The lowest BCUT2D eigenvalue weighted by atomic mass is 9.35. The molecule has 0 saturated carbocycles. The maximum absolute atomic E-state index is 10.5. The molecule has 1 aromatic heterocycles. The monoisotopic (exact) mass is 745 g/mol. The average molecular weight is 746 g/mol. The standard InChI is InChI=1S/C52H46BN3O/c1-51(2,3)35-27-30-47-42(31-35)49-50(57-47)53-43-29-28-41(54(37-19-11-7-12-20-37)38-21-13-8-14-22-38)34-44(43)55(39-23-15-9-16-24-39)45-32-36(52(4,5)6)33-46(48(45)53)56(49)40-25-17-10-18-26-40/h7-34H,1-6H3/i27D,28D,29D,30D,31D,34D. The molecule has 0 atom stereocenters. The maximum Gasteiger partial charge on any atom is 0.297 e. The zero-order valence-corrected chi connectivity index (χ0v) is 33.0. The summed E-state index contributed by atoms with van der Waals surface area (Å²) in [7, 11) is 0. The van der Waals surface area contributed by atoms with E-state index in [2.05, 4.69) is 42.7 Å². The molecule has 8 aromatic rings. The maximum atomic E-state index is 10.5. The van der Waals surface area contributed by atoms with Crippen LogP contribution in [0.5, 0.6) is 0 Å². The highest BCUT2D eigenvalue weighted by atomic mass is 16.3. The number of rotatable bonds is 5. The van der Waals surface area contributed by atoms with Crippen LogP contribution in [0.25, 0.3) is 11.0 Å². The Morgan fingerprint density at radius 3 is 1.63 bits per heavy atom. The van der Waals surface area contributed by atoms with Gasteiger partial charge in [-0.2, -0.15) is 0 Å². The number of nitrogens with zero attached hydrogens (tertiary/aromatic N) is 3. The first-order chi connectivity index (χ1) is 30.1. The molecule has 0 bridgehead atoms. The van der Waals surface area contributed by atoms with Crippen molar-refractivity contribution in [2.45, 2.75) is 52.4 Å². The number of fused-ring (bicyclic) bond motifs is 6. The van der Waals surface area contributed by atoms with Crippen LogP contribution in [0.15, 0.2) is 174 Å². The summed E-state index contributed by atoms with van der Waals surface area (Å²) in [6.45, 7) is 11.6. The Kier molecular flexibility index (Phi) is 6.62. The minimum Gasteiger partial charge on any atom is -0.468 e. The van der Waals surface area contributed by atoms with Gasteiger partial charge < -0.3 is 19.1 Å². The van der Waals surface area contributed by atoms with E-state index in [0.717, 1.165) is 45.2 Å². The molecule has 3 heterocycles. The molecule has 7 aromatic carbocycles. The Balaban J connectivity index is 1.41. The fourth-order valence-corrected chi connectivity index (χ4v) is 8.23. The van der Waals surface area contributed by atoms with Crippen molar-refractivity contribution in [2.75, 3.05) is 14.7 Å². The fraction of sp³-hybridized carbons (Fsp3) is 0.154. The van der Waals surface area contributed by atoms with Crippen molar-refractivity contribution < 1.29 is 12.6 Å². The topological polar surface area (TPSA) is 22.9 Å². The Morgan fingerprint density at radius 2 is 1.07 bits per heavy atom. The summed E-state index contributed by atoms with van der Waals surface area (Å²) >= 11 is 0. The van der Waals surface area contributed by atoms with Gasteiger partial charge in [0, 0.05) is 50.9 Å². The number of furan rings is 1. The molecule has 0 unspecified atom stereocenters. The molecule has 57 heavy (non-hydrogen) atoms. The third-order valence-electron chi connectivity index (χ3n) is 11.1. The van der Waals surface area contributed by atoms with Gasteiger partial charge in [0.2, 0.25) is 0 Å². The van der Waals surface area contributed by atoms with E-state index in [9.17, 15) is 8.22 Å². The van der Waals surface area contributed by atoms with Crippen LogP contribution in [0.1, 0.15) is 60.9 Å². The van der Waals surface area contributed by atoms with Crippen molar-refractivity contribution in [3.8, 4) is 0 Å². The molecule has 0 aliphatic carbocycles. The average Bonchev–Trinajstić information content (AvgIpc) is 3.67. The van der Waals surface area contributed by atoms with E-state index in [4.69, 9.17) is 4.42 Å². The summed E-state index contributed by atoms with van der Waals surface area (Å²) < 4.78 is 66.2. The third kappa shape index (κ3) is 5.75. The lowest BCUT2D eigenvalue weighted by Crippen LogP contribution is -2.61. The molecule has 4 nitrogen and oxygen atoms in total. The highest BCUT2D eigenvalue weighted by Crippen LogP contribution is 2.49. The van der Waals surface area contributed by atoms with E-state index < -0.39 is 12.1 Å². The molecule has 10 rings (SSSR count). The largest absolute Gasteiger partial charge is 0.468 e. The number of hydrogen-bond donors (Lipinski definition) is 0. The van der Waals surface area contributed by atoms with Gasteiger partial charge in [-0.05, 0) is 118 Å². The Bertz CT molecular complexity index is 3070. The van der Waals surface area contributed by atoms with Gasteiger partial charge in [0.1, 0.15) is 5.58 Å². The van der Waals surface area contributed by atoms with Crippen LogP contribution in [0, 0.1) is 0 Å². The van der Waals surface area contributed by atoms with Crippen LogP contribution in [-0.2, 0) is 10.8 Å². The number of hydrogen-bond acceptors (Lipinski definition) is 4. The van der Waals surface area contributed by atoms with Gasteiger partial charge in [-0.25, -0.2) is 0 Å². The van der Waals surface area contributed by atoms with Crippen LogP contribution < -0.4 is 31.3 Å². The lowest BCUT2D eigenvalue weighted by molar-refractivity contribution is 0.590. The van der Waals surface area contributed by atoms with Crippen LogP contribution in [-0.4, -0.2) is 6.71 Å². The normalized spacial score (nSPS) is 14.8. The van der Waals surface area contributed by atoms with Crippen molar-refractivity contribution >= 4 is 85.5 Å². The van der Waals surface area contributed by atoms with E-state index in [1.807, 2.05) is 147 Å². The third-order valence-corrected chi connectivity index (χ3v) is 11.1. The van der Waals surface area contributed by atoms with Crippen molar-refractivity contribution in [3.05, 3.63) is 181 Å². The first-order valence-electron chi connectivity index (χ1n) is 22.6. The van der Waals surface area contributed by atoms with E-state index in [0.29, 0.717) is 33.4 Å². The molecule has 0 fully saturated rings. The second-order valence-corrected chi connectivity index (χ2v) is 17.0. The summed E-state index contributed by atoms with van der Waals surface area (Å²) in [5.74, 6) is 0. The molecule has 5 heteroatoms. The first kappa shape index (κ1) is 28.9. The molecule has 0 spiro atoms. The van der Waals surface area contributed by atoms with Gasteiger partial charge in [0.15, 0.2) is 0 Å². The number of anilines is 9. The van der Waals surface area contributed by atoms with Gasteiger partial charge in [-0.15, -0.1) is 0 Å². The number of benzene rings is 7. The molecular weight excluding hydrogens is 693 g/mol. The van der Waals surface area contributed by atoms with Gasteiger partial charge in [0.25, 0.3) is 6.71 Å². The second-order valence-electron chi connectivity index (χ2n) is 17.0. The molecule has 0 radical (unpaired) electrons. The Morgan fingerprint density at radius 1 is 0.544 bits per heavy atom. The molecule has 0 amide bonds.